The Kier molecular flexibility index (Phi) is 8.99. The lowest BCUT2D eigenvalue weighted by Gasteiger charge is -2.13. The minimum Gasteiger partial charge on any atom is -0.309 e. The molecule has 9 aromatic carbocycles. The molecule has 0 spiro atoms. The van der Waals surface area contributed by atoms with Gasteiger partial charge in [-0.15, -0.1) is 10.2 Å². The van der Waals surface area contributed by atoms with Gasteiger partial charge in [-0.2, -0.15) is 0 Å². The van der Waals surface area contributed by atoms with Crippen molar-refractivity contribution >= 4 is 43.6 Å². The van der Waals surface area contributed by atoms with E-state index in [1.165, 1.54) is 0 Å². The predicted molar refractivity (Wildman–Crippen MR) is 271 cm³/mol. The molecular weight excluding hydrogens is 821 g/mol. The molecule has 0 bridgehead atoms. The summed E-state index contributed by atoms with van der Waals surface area (Å²) in [7, 11) is 0. The van der Waals surface area contributed by atoms with Crippen molar-refractivity contribution in [1.29, 1.82) is 0 Å². The zero-order valence-electron chi connectivity index (χ0n) is 36.0. The summed E-state index contributed by atoms with van der Waals surface area (Å²) in [5.74, 6) is 3.35. The second-order valence-electron chi connectivity index (χ2n) is 16.5. The molecule has 0 N–H and O–H groups in total. The molecular formula is C59H38N8. The van der Waals surface area contributed by atoms with Crippen LogP contribution in [0.3, 0.4) is 0 Å². The Morgan fingerprint density at radius 1 is 0.269 bits per heavy atom. The normalized spacial score (nSPS) is 11.6. The highest BCUT2D eigenvalue weighted by atomic mass is 15.3. The number of para-hydroxylation sites is 4. The Bertz CT molecular complexity index is 3910. The molecule has 67 heavy (non-hydrogen) atoms. The van der Waals surface area contributed by atoms with Crippen molar-refractivity contribution in [3.8, 4) is 74.0 Å². The molecule has 0 aliphatic rings. The third-order valence-corrected chi connectivity index (χ3v) is 12.6. The molecule has 314 valence electrons. The maximum absolute atomic E-state index is 5.12. The number of hydrogen-bond donors (Lipinski definition) is 0. The fourth-order valence-electron chi connectivity index (χ4n) is 9.72. The summed E-state index contributed by atoms with van der Waals surface area (Å²) in [6.07, 6.45) is 0. The van der Waals surface area contributed by atoms with Gasteiger partial charge in [0.05, 0.1) is 22.1 Å². The van der Waals surface area contributed by atoms with Gasteiger partial charge >= 0.3 is 0 Å². The van der Waals surface area contributed by atoms with Crippen molar-refractivity contribution in [2.75, 3.05) is 0 Å². The summed E-state index contributed by atoms with van der Waals surface area (Å²) in [5.41, 5.74) is 12.1. The first-order valence-corrected chi connectivity index (χ1v) is 22.4. The smallest absolute Gasteiger partial charge is 0.169 e. The van der Waals surface area contributed by atoms with Gasteiger partial charge in [0, 0.05) is 66.4 Å². The first-order valence-electron chi connectivity index (χ1n) is 22.4. The van der Waals surface area contributed by atoms with E-state index < -0.39 is 0 Å². The second-order valence-corrected chi connectivity index (χ2v) is 16.5. The Balaban J connectivity index is 1.01. The van der Waals surface area contributed by atoms with Gasteiger partial charge in [0.15, 0.2) is 29.1 Å². The van der Waals surface area contributed by atoms with Gasteiger partial charge in [-0.05, 0) is 60.7 Å². The zero-order valence-corrected chi connectivity index (χ0v) is 36.0. The van der Waals surface area contributed by atoms with Gasteiger partial charge in [0.1, 0.15) is 0 Å². The molecule has 0 unspecified atom stereocenters. The monoisotopic (exact) mass is 858 g/mol. The molecule has 8 heteroatoms. The number of aromatic nitrogens is 8. The lowest BCUT2D eigenvalue weighted by atomic mass is 10.0. The zero-order chi connectivity index (χ0) is 44.3. The highest BCUT2D eigenvalue weighted by molar-refractivity contribution is 6.17. The third-order valence-electron chi connectivity index (χ3n) is 12.6. The number of hydrogen-bond acceptors (Lipinski definition) is 5. The van der Waals surface area contributed by atoms with Crippen LogP contribution in [0.5, 0.6) is 0 Å². The summed E-state index contributed by atoms with van der Waals surface area (Å²) in [4.78, 5) is 15.1. The summed E-state index contributed by atoms with van der Waals surface area (Å²) in [6, 6.07) is 79.9. The molecule has 0 atom stereocenters. The number of nitrogens with zero attached hydrogens (tertiary/aromatic N) is 8. The van der Waals surface area contributed by atoms with Crippen LogP contribution in [-0.4, -0.2) is 38.9 Å². The molecule has 0 aliphatic heterocycles. The standard InChI is InChI=1S/C59H38N8/c1-5-20-39(21-6-1)55-60-56(40-22-7-2-8-23-40)62-57(61-55)41-24-17-29-44(38-41)66-50-35-16-14-31-46(50)54-48(33-19-37-52(54)66)59-64-63-58(67(59)43-27-11-4-12-28-43)47-32-18-36-51-53(47)45-30-13-15-34-49(45)65(51)42-25-9-3-10-26-42/h1-38H. The van der Waals surface area contributed by atoms with Crippen LogP contribution in [0.2, 0.25) is 0 Å². The predicted octanol–water partition coefficient (Wildman–Crippen LogP) is 14.0. The van der Waals surface area contributed by atoms with Crippen molar-refractivity contribution < 1.29 is 0 Å². The van der Waals surface area contributed by atoms with Crippen LogP contribution in [0.15, 0.2) is 231 Å². The van der Waals surface area contributed by atoms with Gasteiger partial charge in [-0.25, -0.2) is 15.0 Å². The maximum atomic E-state index is 5.12. The highest BCUT2D eigenvalue weighted by Gasteiger charge is 2.25. The Morgan fingerprint density at radius 3 is 1.13 bits per heavy atom. The molecule has 0 saturated heterocycles. The number of benzene rings is 9. The number of fused-ring (bicyclic) bond motifs is 6. The van der Waals surface area contributed by atoms with Crippen molar-refractivity contribution in [3.63, 3.8) is 0 Å². The first-order chi connectivity index (χ1) is 33.3. The lowest BCUT2D eigenvalue weighted by molar-refractivity contribution is 1.07. The fraction of sp³-hybridized carbons (Fsp3) is 0. The minimum absolute atomic E-state index is 0.599. The molecule has 0 saturated carbocycles. The summed E-state index contributed by atoms with van der Waals surface area (Å²) in [5, 5.41) is 14.7. The van der Waals surface area contributed by atoms with Crippen molar-refractivity contribution in [2.24, 2.45) is 0 Å². The average molecular weight is 859 g/mol. The molecule has 0 fully saturated rings. The van der Waals surface area contributed by atoms with Crippen LogP contribution in [-0.2, 0) is 0 Å². The quantitative estimate of drug-likeness (QED) is 0.152. The van der Waals surface area contributed by atoms with Gasteiger partial charge in [-0.1, -0.05) is 170 Å². The second kappa shape index (κ2) is 15.8. The van der Waals surface area contributed by atoms with E-state index in [4.69, 9.17) is 25.1 Å². The van der Waals surface area contributed by atoms with Crippen LogP contribution >= 0.6 is 0 Å². The van der Waals surface area contributed by atoms with Crippen LogP contribution in [0, 0.1) is 0 Å². The average Bonchev–Trinajstić information content (AvgIpc) is 4.11. The van der Waals surface area contributed by atoms with Crippen LogP contribution in [0.1, 0.15) is 0 Å². The Hall–Kier alpha value is -9.27. The molecule has 0 amide bonds. The van der Waals surface area contributed by atoms with E-state index in [0.717, 1.165) is 100 Å². The van der Waals surface area contributed by atoms with Crippen molar-refractivity contribution in [1.82, 2.24) is 38.9 Å². The molecule has 4 aromatic heterocycles. The van der Waals surface area contributed by atoms with E-state index >= 15 is 0 Å². The van der Waals surface area contributed by atoms with E-state index in [1.807, 2.05) is 66.7 Å². The topological polar surface area (TPSA) is 79.2 Å². The molecule has 0 aliphatic carbocycles. The van der Waals surface area contributed by atoms with Crippen LogP contribution in [0.25, 0.3) is 118 Å². The van der Waals surface area contributed by atoms with Crippen LogP contribution < -0.4 is 0 Å². The molecule has 0 radical (unpaired) electrons. The van der Waals surface area contributed by atoms with Gasteiger partial charge < -0.3 is 9.13 Å². The Morgan fingerprint density at radius 2 is 0.627 bits per heavy atom. The van der Waals surface area contributed by atoms with Crippen molar-refractivity contribution in [3.05, 3.63) is 231 Å². The van der Waals surface area contributed by atoms with Gasteiger partial charge in [0.2, 0.25) is 0 Å². The molecule has 4 heterocycles. The van der Waals surface area contributed by atoms with E-state index in [-0.39, 0.29) is 0 Å². The van der Waals surface area contributed by atoms with E-state index in [9.17, 15) is 0 Å². The first kappa shape index (κ1) is 38.2. The Labute approximate surface area is 385 Å². The molecule has 8 nitrogen and oxygen atoms in total. The van der Waals surface area contributed by atoms with E-state index in [0.29, 0.717) is 17.5 Å². The van der Waals surface area contributed by atoms with E-state index in [2.05, 4.69) is 177 Å². The summed E-state index contributed by atoms with van der Waals surface area (Å²) < 4.78 is 6.90. The highest BCUT2D eigenvalue weighted by Crippen LogP contribution is 2.43. The van der Waals surface area contributed by atoms with Gasteiger partial charge in [0.25, 0.3) is 0 Å². The number of rotatable bonds is 8. The maximum Gasteiger partial charge on any atom is 0.169 e. The SMILES string of the molecule is c1ccc(-c2nc(-c3ccccc3)nc(-c3cccc(-n4c5ccccc5c5c(-c6nnc(-c7cccc8c7c7ccccc7n8-c7ccccc7)n6-c6ccccc6)cccc54)c3)n2)cc1. The van der Waals surface area contributed by atoms with Gasteiger partial charge in [-0.3, -0.25) is 4.57 Å². The molecule has 13 rings (SSSR count). The fourth-order valence-corrected chi connectivity index (χ4v) is 9.72. The lowest BCUT2D eigenvalue weighted by Crippen LogP contribution is -2.01. The van der Waals surface area contributed by atoms with E-state index in [1.54, 1.807) is 0 Å². The minimum atomic E-state index is 0.599. The summed E-state index contributed by atoms with van der Waals surface area (Å²) >= 11 is 0. The molecule has 13 aromatic rings. The largest absolute Gasteiger partial charge is 0.309 e. The third kappa shape index (κ3) is 6.34. The summed E-state index contributed by atoms with van der Waals surface area (Å²) in [6.45, 7) is 0. The van der Waals surface area contributed by atoms with Crippen LogP contribution in [0.4, 0.5) is 0 Å². The van der Waals surface area contributed by atoms with Crippen molar-refractivity contribution in [2.45, 2.75) is 0 Å².